The minimum Gasteiger partial charge on any atom is 2.00 e. The number of rotatable bonds is 0. The van der Waals surface area contributed by atoms with Gasteiger partial charge in [0, 0.05) is 0 Å². The zero-order valence-corrected chi connectivity index (χ0v) is 26.7. The van der Waals surface area contributed by atoms with E-state index in [1.807, 2.05) is 0 Å². The standard InChI is InChI=1S/2C12H18.2F6P.Fe/c2*1-7-8(2)10(4)12(6)11(5)9(7)3;2*1-7(2,3,4,5)6;/h2*1-6H3;;;/q;;2*-1;+2. The molecule has 0 nitrogen and oxygen atoms in total. The third-order valence-electron chi connectivity index (χ3n) is 6.75. The molecule has 0 aliphatic carbocycles. The molecule has 0 radical (unpaired) electrons. The first-order chi connectivity index (χ1) is 15.8. The van der Waals surface area contributed by atoms with Gasteiger partial charge in [0.25, 0.3) is 0 Å². The molecule has 0 aliphatic rings. The molecule has 0 saturated heterocycles. The summed E-state index contributed by atoms with van der Waals surface area (Å²) in [6.07, 6.45) is 0. The average molecular weight is 670 g/mol. The van der Waals surface area contributed by atoms with E-state index in [4.69, 9.17) is 0 Å². The van der Waals surface area contributed by atoms with Gasteiger partial charge < -0.3 is 0 Å². The first-order valence-corrected chi connectivity index (χ1v) is 15.1. The zero-order valence-electron chi connectivity index (χ0n) is 23.8. The van der Waals surface area contributed by atoms with Crippen LogP contribution in [0.25, 0.3) is 0 Å². The van der Waals surface area contributed by atoms with Crippen LogP contribution in [0.3, 0.4) is 0 Å². The van der Waals surface area contributed by atoms with Crippen molar-refractivity contribution in [1.82, 2.24) is 0 Å². The molecule has 0 amide bonds. The van der Waals surface area contributed by atoms with Crippen LogP contribution in [-0.4, -0.2) is 0 Å². The molecule has 0 fully saturated rings. The van der Waals surface area contributed by atoms with Gasteiger partial charge in [-0.25, -0.2) is 0 Å². The summed E-state index contributed by atoms with van der Waals surface area (Å²) < 4.78 is 118. The molecule has 0 aromatic heterocycles. The summed E-state index contributed by atoms with van der Waals surface area (Å²) in [6, 6.07) is 0. The van der Waals surface area contributed by atoms with Crippen LogP contribution in [0.2, 0.25) is 0 Å². The van der Waals surface area contributed by atoms with Crippen LogP contribution in [0.15, 0.2) is 0 Å². The van der Waals surface area contributed by atoms with Crippen molar-refractivity contribution in [3.8, 4) is 0 Å². The van der Waals surface area contributed by atoms with Crippen molar-refractivity contribution in [1.29, 1.82) is 0 Å². The van der Waals surface area contributed by atoms with Crippen molar-refractivity contribution in [3.63, 3.8) is 0 Å². The van der Waals surface area contributed by atoms with E-state index < -0.39 is 15.6 Å². The van der Waals surface area contributed by atoms with Crippen molar-refractivity contribution in [2.75, 3.05) is 0 Å². The zero-order chi connectivity index (χ0) is 31.7. The van der Waals surface area contributed by atoms with E-state index in [0.717, 1.165) is 0 Å². The second-order valence-corrected chi connectivity index (χ2v) is 13.2. The van der Waals surface area contributed by atoms with Crippen LogP contribution in [0.5, 0.6) is 0 Å². The SMILES string of the molecule is Cc1c(C)c(C)c(C)c(C)c1C.Cc1c(C)c(C)c(C)c(C)c1C.F[P-](F)(F)(F)(F)F.F[P-](F)(F)(F)(F)F.[Fe+2]. The maximum atomic E-state index is 9.87. The van der Waals surface area contributed by atoms with Gasteiger partial charge >= 0.3 is 83.0 Å². The Kier molecular flexibility index (Phi) is 12.3. The van der Waals surface area contributed by atoms with Crippen molar-refractivity contribution in [3.05, 3.63) is 66.8 Å². The Bertz CT molecular complexity index is 868. The normalized spacial score (nSPS) is 14.8. The Balaban J connectivity index is -0.000000455. The molecule has 0 atom stereocenters. The van der Waals surface area contributed by atoms with Crippen LogP contribution < -0.4 is 0 Å². The molecule has 0 bridgehead atoms. The van der Waals surface area contributed by atoms with E-state index in [1.54, 1.807) is 0 Å². The average Bonchev–Trinajstić information content (AvgIpc) is 2.66. The molecule has 2 rings (SSSR count). The molecule has 0 heterocycles. The third-order valence-corrected chi connectivity index (χ3v) is 6.75. The van der Waals surface area contributed by atoms with Crippen molar-refractivity contribution < 1.29 is 67.4 Å². The van der Waals surface area contributed by atoms with Gasteiger partial charge in [0.15, 0.2) is 0 Å². The maximum absolute atomic E-state index is 10.7. The molecule has 15 heteroatoms. The Morgan fingerprint density at radius 1 is 0.231 bits per heavy atom. The summed E-state index contributed by atoms with van der Waals surface area (Å²) in [6.45, 7) is 26.5. The van der Waals surface area contributed by atoms with Gasteiger partial charge in [-0.05, 0) is 150 Å². The van der Waals surface area contributed by atoms with Crippen molar-refractivity contribution >= 4 is 15.6 Å². The van der Waals surface area contributed by atoms with E-state index >= 15 is 0 Å². The third kappa shape index (κ3) is 20.5. The van der Waals surface area contributed by atoms with Gasteiger partial charge in [0.05, 0.1) is 0 Å². The minimum atomic E-state index is -10.7. The summed E-state index contributed by atoms with van der Waals surface area (Å²) in [5.41, 5.74) is 17.5. The maximum Gasteiger partial charge on any atom is 2.00 e. The number of halogens is 12. The second kappa shape index (κ2) is 11.3. The molecule has 39 heavy (non-hydrogen) atoms. The molecular formula is C24H36F12FeP2. The smallest absolute Gasteiger partial charge is 2.00 e. The molecule has 0 saturated carbocycles. The minimum absolute atomic E-state index is 0. The van der Waals surface area contributed by atoms with Crippen molar-refractivity contribution in [2.45, 2.75) is 83.1 Å². The molecule has 2 aromatic rings. The molecule has 0 N–H and O–H groups in total. The Labute approximate surface area is 232 Å². The van der Waals surface area contributed by atoms with Crippen LogP contribution >= 0.6 is 15.6 Å². The van der Waals surface area contributed by atoms with Crippen LogP contribution in [0.1, 0.15) is 66.8 Å². The Hall–Kier alpha value is -1.02. The Morgan fingerprint density at radius 3 is 0.282 bits per heavy atom. The molecule has 0 unspecified atom stereocenters. The topological polar surface area (TPSA) is 0 Å². The summed E-state index contributed by atoms with van der Waals surface area (Å²) in [5, 5.41) is 0. The summed E-state index contributed by atoms with van der Waals surface area (Å²) in [7, 11) is -21.3. The number of hydrogen-bond acceptors (Lipinski definition) is 0. The van der Waals surface area contributed by atoms with Gasteiger partial charge in [0.2, 0.25) is 0 Å². The van der Waals surface area contributed by atoms with Gasteiger partial charge in [-0.15, -0.1) is 0 Å². The number of benzene rings is 2. The molecule has 2 aromatic carbocycles. The monoisotopic (exact) mass is 670 g/mol. The van der Waals surface area contributed by atoms with Crippen LogP contribution in [0.4, 0.5) is 50.4 Å². The van der Waals surface area contributed by atoms with E-state index in [9.17, 15) is 50.4 Å². The second-order valence-electron chi connectivity index (χ2n) is 9.42. The van der Waals surface area contributed by atoms with Crippen molar-refractivity contribution in [2.24, 2.45) is 0 Å². The number of hydrogen-bond donors (Lipinski definition) is 0. The molecule has 0 aliphatic heterocycles. The largest absolute Gasteiger partial charge is 2.00 e. The fraction of sp³-hybridized carbons (Fsp3) is 0.500. The van der Waals surface area contributed by atoms with Gasteiger partial charge in [-0.2, -0.15) is 0 Å². The fourth-order valence-corrected chi connectivity index (χ4v) is 3.38. The molecular weight excluding hydrogens is 634 g/mol. The van der Waals surface area contributed by atoms with Gasteiger partial charge in [-0.1, -0.05) is 0 Å². The predicted octanol–water partition coefficient (Wildman–Crippen LogP) is 13.8. The first kappa shape index (κ1) is 42.4. The Morgan fingerprint density at radius 2 is 0.256 bits per heavy atom. The molecule has 234 valence electrons. The summed E-state index contributed by atoms with van der Waals surface area (Å²) in [5.74, 6) is 0. The fourth-order valence-electron chi connectivity index (χ4n) is 3.38. The summed E-state index contributed by atoms with van der Waals surface area (Å²) in [4.78, 5) is 0. The first-order valence-electron chi connectivity index (χ1n) is 11.0. The quantitative estimate of drug-likeness (QED) is 0.149. The van der Waals surface area contributed by atoms with Crippen LogP contribution in [0, 0.1) is 83.1 Å². The van der Waals surface area contributed by atoms with E-state index in [1.165, 1.54) is 66.8 Å². The summed E-state index contributed by atoms with van der Waals surface area (Å²) >= 11 is 0. The van der Waals surface area contributed by atoms with E-state index in [0.29, 0.717) is 0 Å². The van der Waals surface area contributed by atoms with Crippen LogP contribution in [-0.2, 0) is 17.1 Å². The van der Waals surface area contributed by atoms with Gasteiger partial charge in [-0.3, -0.25) is 0 Å². The van der Waals surface area contributed by atoms with E-state index in [2.05, 4.69) is 83.1 Å². The van der Waals surface area contributed by atoms with Gasteiger partial charge in [0.1, 0.15) is 0 Å². The molecule has 0 spiro atoms. The predicted molar refractivity (Wildman–Crippen MR) is 137 cm³/mol. The van der Waals surface area contributed by atoms with E-state index in [-0.39, 0.29) is 17.1 Å².